The summed E-state index contributed by atoms with van der Waals surface area (Å²) < 4.78 is 13.2. The highest BCUT2D eigenvalue weighted by molar-refractivity contribution is 5.16. The zero-order valence-corrected chi connectivity index (χ0v) is 10.4. The number of nitrogens with one attached hydrogen (secondary N) is 1. The Kier molecular flexibility index (Phi) is 3.62. The zero-order chi connectivity index (χ0) is 12.4. The monoisotopic (exact) mass is 238 g/mol. The molecule has 0 bridgehead atoms. The third-order valence-electron chi connectivity index (χ3n) is 3.22. The van der Waals surface area contributed by atoms with E-state index in [1.54, 1.807) is 0 Å². The number of nitrogens with zero attached hydrogens (tertiary/aromatic N) is 1. The number of rotatable bonds is 3. The van der Waals surface area contributed by atoms with Gasteiger partial charge in [-0.1, -0.05) is 13.8 Å². The van der Waals surface area contributed by atoms with Crippen molar-refractivity contribution in [3.05, 3.63) is 34.0 Å². The largest absolute Gasteiger partial charge is 0.326 e. The van der Waals surface area contributed by atoms with Crippen molar-refractivity contribution in [3.8, 4) is 0 Å². The van der Waals surface area contributed by atoms with E-state index >= 15 is 0 Å². The van der Waals surface area contributed by atoms with Crippen LogP contribution in [0.25, 0.3) is 0 Å². The lowest BCUT2D eigenvalue weighted by Gasteiger charge is -2.25. The van der Waals surface area contributed by atoms with Crippen LogP contribution in [-0.2, 0) is 0 Å². The molecule has 0 radical (unpaired) electrons. The number of H-pyrrole nitrogens is 1. The van der Waals surface area contributed by atoms with Gasteiger partial charge < -0.3 is 4.98 Å². The van der Waals surface area contributed by atoms with E-state index in [1.807, 2.05) is 0 Å². The van der Waals surface area contributed by atoms with Gasteiger partial charge in [-0.2, -0.15) is 0 Å². The fourth-order valence-corrected chi connectivity index (χ4v) is 2.59. The summed E-state index contributed by atoms with van der Waals surface area (Å²) in [5.74, 6) is 0.194. The molecular weight excluding hydrogens is 219 g/mol. The molecule has 1 atom stereocenters. The second kappa shape index (κ2) is 5.00. The molecule has 0 aromatic carbocycles. The SMILES string of the molecule is CC(C)CN1CCCC1c1cc(F)c[nH]c1=O. The first-order valence-electron chi connectivity index (χ1n) is 6.20. The lowest BCUT2D eigenvalue weighted by molar-refractivity contribution is 0.227. The number of hydrogen-bond donors (Lipinski definition) is 1. The molecule has 4 heteroatoms. The predicted octanol–water partition coefficient (Wildman–Crippen LogP) is 2.31. The van der Waals surface area contributed by atoms with Gasteiger partial charge in [0.25, 0.3) is 5.56 Å². The molecule has 17 heavy (non-hydrogen) atoms. The minimum absolute atomic E-state index is 0.0804. The van der Waals surface area contributed by atoms with Crippen LogP contribution < -0.4 is 5.56 Å². The Morgan fingerprint density at radius 1 is 1.59 bits per heavy atom. The molecule has 1 N–H and O–H groups in total. The van der Waals surface area contributed by atoms with Gasteiger partial charge in [0.15, 0.2) is 0 Å². The predicted molar refractivity (Wildman–Crippen MR) is 65.4 cm³/mol. The van der Waals surface area contributed by atoms with E-state index in [2.05, 4.69) is 23.7 Å². The number of aromatic amines is 1. The molecule has 1 aromatic rings. The molecule has 1 aliphatic heterocycles. The standard InChI is InChI=1S/C13H19FN2O/c1-9(2)8-16-5-3-4-12(16)11-6-10(14)7-15-13(11)17/h6-7,9,12H,3-5,8H2,1-2H3,(H,15,17). The lowest BCUT2D eigenvalue weighted by Crippen LogP contribution is -2.30. The van der Waals surface area contributed by atoms with Crippen LogP contribution in [0.1, 0.15) is 38.3 Å². The molecule has 94 valence electrons. The molecule has 2 rings (SSSR count). The Morgan fingerprint density at radius 3 is 3.06 bits per heavy atom. The van der Waals surface area contributed by atoms with Gasteiger partial charge in [0.2, 0.25) is 0 Å². The summed E-state index contributed by atoms with van der Waals surface area (Å²) >= 11 is 0. The van der Waals surface area contributed by atoms with E-state index in [9.17, 15) is 9.18 Å². The first kappa shape index (κ1) is 12.3. The molecule has 1 saturated heterocycles. The summed E-state index contributed by atoms with van der Waals surface area (Å²) in [4.78, 5) is 16.5. The minimum Gasteiger partial charge on any atom is -0.326 e. The van der Waals surface area contributed by atoms with Crippen molar-refractivity contribution in [2.75, 3.05) is 13.1 Å². The zero-order valence-electron chi connectivity index (χ0n) is 10.4. The van der Waals surface area contributed by atoms with E-state index in [0.29, 0.717) is 11.5 Å². The van der Waals surface area contributed by atoms with Crippen LogP contribution in [-0.4, -0.2) is 23.0 Å². The number of hydrogen-bond acceptors (Lipinski definition) is 2. The number of aromatic nitrogens is 1. The van der Waals surface area contributed by atoms with Gasteiger partial charge in [0, 0.05) is 24.3 Å². The topological polar surface area (TPSA) is 36.1 Å². The third kappa shape index (κ3) is 2.75. The molecule has 0 aliphatic carbocycles. The van der Waals surface area contributed by atoms with Crippen LogP contribution >= 0.6 is 0 Å². The van der Waals surface area contributed by atoms with Gasteiger partial charge in [-0.3, -0.25) is 9.69 Å². The number of likely N-dealkylation sites (tertiary alicyclic amines) is 1. The maximum absolute atomic E-state index is 13.2. The summed E-state index contributed by atoms with van der Waals surface area (Å²) in [5.41, 5.74) is 0.412. The number of halogens is 1. The Labute approximate surface area is 101 Å². The van der Waals surface area contributed by atoms with E-state index in [4.69, 9.17) is 0 Å². The van der Waals surface area contributed by atoms with Crippen molar-refractivity contribution in [3.63, 3.8) is 0 Å². The van der Waals surface area contributed by atoms with Gasteiger partial charge in [-0.15, -0.1) is 0 Å². The summed E-state index contributed by atoms with van der Waals surface area (Å²) in [5, 5.41) is 0. The Hall–Kier alpha value is -1.16. The summed E-state index contributed by atoms with van der Waals surface area (Å²) in [6, 6.07) is 1.46. The van der Waals surface area contributed by atoms with Crippen LogP contribution in [0.5, 0.6) is 0 Å². The van der Waals surface area contributed by atoms with E-state index in [0.717, 1.165) is 32.1 Å². The van der Waals surface area contributed by atoms with Crippen molar-refractivity contribution in [2.24, 2.45) is 5.92 Å². The van der Waals surface area contributed by atoms with Crippen molar-refractivity contribution in [1.29, 1.82) is 0 Å². The van der Waals surface area contributed by atoms with Crippen molar-refractivity contribution < 1.29 is 4.39 Å². The normalized spacial score (nSPS) is 21.3. The summed E-state index contributed by atoms with van der Waals surface area (Å²) in [7, 11) is 0. The van der Waals surface area contributed by atoms with Gasteiger partial charge in [0.1, 0.15) is 5.82 Å². The highest BCUT2D eigenvalue weighted by Gasteiger charge is 2.28. The lowest BCUT2D eigenvalue weighted by atomic mass is 10.1. The van der Waals surface area contributed by atoms with Crippen LogP contribution in [0.15, 0.2) is 17.1 Å². The minimum atomic E-state index is -0.365. The maximum atomic E-state index is 13.2. The summed E-state index contributed by atoms with van der Waals surface area (Å²) in [6.07, 6.45) is 3.14. The molecular formula is C13H19FN2O. The molecule has 3 nitrogen and oxygen atoms in total. The van der Waals surface area contributed by atoms with Crippen LogP contribution in [0.3, 0.4) is 0 Å². The fraction of sp³-hybridized carbons (Fsp3) is 0.615. The van der Waals surface area contributed by atoms with Gasteiger partial charge >= 0.3 is 0 Å². The van der Waals surface area contributed by atoms with Crippen LogP contribution in [0.2, 0.25) is 0 Å². The summed E-state index contributed by atoms with van der Waals surface area (Å²) in [6.45, 7) is 6.27. The molecule has 0 saturated carbocycles. The first-order chi connectivity index (χ1) is 8.08. The van der Waals surface area contributed by atoms with Crippen molar-refractivity contribution in [1.82, 2.24) is 9.88 Å². The number of pyridine rings is 1. The molecule has 0 amide bonds. The highest BCUT2D eigenvalue weighted by atomic mass is 19.1. The quantitative estimate of drug-likeness (QED) is 0.877. The van der Waals surface area contributed by atoms with E-state index in [-0.39, 0.29) is 17.4 Å². The van der Waals surface area contributed by atoms with Gasteiger partial charge in [0.05, 0.1) is 0 Å². The third-order valence-corrected chi connectivity index (χ3v) is 3.22. The first-order valence-corrected chi connectivity index (χ1v) is 6.20. The molecule has 1 aromatic heterocycles. The van der Waals surface area contributed by atoms with Crippen LogP contribution in [0, 0.1) is 11.7 Å². The molecule has 1 unspecified atom stereocenters. The van der Waals surface area contributed by atoms with Crippen molar-refractivity contribution >= 4 is 0 Å². The molecule has 0 spiro atoms. The van der Waals surface area contributed by atoms with E-state index in [1.165, 1.54) is 6.07 Å². The smallest absolute Gasteiger partial charge is 0.252 e. The fourth-order valence-electron chi connectivity index (χ4n) is 2.59. The molecule has 1 aliphatic rings. The van der Waals surface area contributed by atoms with E-state index < -0.39 is 0 Å². The van der Waals surface area contributed by atoms with Crippen molar-refractivity contribution in [2.45, 2.75) is 32.7 Å². The van der Waals surface area contributed by atoms with Crippen LogP contribution in [0.4, 0.5) is 4.39 Å². The maximum Gasteiger partial charge on any atom is 0.252 e. The second-order valence-electron chi connectivity index (χ2n) is 5.15. The average Bonchev–Trinajstić information content (AvgIpc) is 2.69. The average molecular weight is 238 g/mol. The molecule has 2 heterocycles. The Balaban J connectivity index is 2.26. The Bertz CT molecular complexity index is 441. The second-order valence-corrected chi connectivity index (χ2v) is 5.15. The molecule has 1 fully saturated rings. The Morgan fingerprint density at radius 2 is 2.35 bits per heavy atom. The van der Waals surface area contributed by atoms with Gasteiger partial charge in [-0.05, 0) is 31.4 Å². The highest BCUT2D eigenvalue weighted by Crippen LogP contribution is 2.30. The van der Waals surface area contributed by atoms with Gasteiger partial charge in [-0.25, -0.2) is 4.39 Å².